The second-order valence-corrected chi connectivity index (χ2v) is 9.38. The first-order valence-electron chi connectivity index (χ1n) is 12.8. The fraction of sp³-hybridized carbons (Fsp3) is 0.0968. The lowest BCUT2D eigenvalue weighted by Crippen LogP contribution is -2.36. The number of ether oxygens (including phenoxy) is 1. The first-order valence-corrected chi connectivity index (χ1v) is 13.2. The molecule has 0 saturated heterocycles. The van der Waals surface area contributed by atoms with E-state index in [0.717, 1.165) is 28.1 Å². The number of urea groups is 1. The first-order chi connectivity index (χ1) is 20.0. The van der Waals surface area contributed by atoms with Crippen LogP contribution in [0.25, 0.3) is 28.1 Å². The number of nitrogens with one attached hydrogen (secondary N) is 3. The molecule has 0 aliphatic carbocycles. The summed E-state index contributed by atoms with van der Waals surface area (Å²) in [5, 5.41) is 13.8. The number of hydrogen-bond acceptors (Lipinski definition) is 5. The maximum Gasteiger partial charge on any atom is 0.319 e. The number of amides is 3. The lowest BCUT2D eigenvalue weighted by molar-refractivity contribution is 0.0954. The molecule has 0 bridgehead atoms. The van der Waals surface area contributed by atoms with Gasteiger partial charge in [0.15, 0.2) is 0 Å². The van der Waals surface area contributed by atoms with Crippen LogP contribution in [0.5, 0.6) is 5.75 Å². The Morgan fingerprint density at radius 3 is 2.44 bits per heavy atom. The minimum atomic E-state index is -0.386. The van der Waals surface area contributed by atoms with Crippen molar-refractivity contribution < 1.29 is 14.3 Å². The summed E-state index contributed by atoms with van der Waals surface area (Å²) < 4.78 is 7.18. The van der Waals surface area contributed by atoms with Gasteiger partial charge in [-0.2, -0.15) is 5.10 Å². The minimum absolute atomic E-state index is 0.192. The van der Waals surface area contributed by atoms with Gasteiger partial charge in [-0.15, -0.1) is 0 Å². The topological polar surface area (TPSA) is 110 Å². The first kappa shape index (κ1) is 27.4. The van der Waals surface area contributed by atoms with Crippen molar-refractivity contribution in [1.82, 2.24) is 25.4 Å². The van der Waals surface area contributed by atoms with Crippen LogP contribution in [0, 0.1) is 0 Å². The Morgan fingerprint density at radius 2 is 1.66 bits per heavy atom. The molecule has 0 aliphatic rings. The highest BCUT2D eigenvalue weighted by atomic mass is 35.5. The highest BCUT2D eigenvalue weighted by molar-refractivity contribution is 6.32. The Balaban J connectivity index is 1.30. The van der Waals surface area contributed by atoms with E-state index in [0.29, 0.717) is 28.6 Å². The Hall–Kier alpha value is -5.15. The molecule has 3 aromatic carbocycles. The third kappa shape index (κ3) is 6.71. The second-order valence-electron chi connectivity index (χ2n) is 8.97. The van der Waals surface area contributed by atoms with Gasteiger partial charge in [-0.1, -0.05) is 41.9 Å². The standard InChI is InChI=1S/C31H27ClN6O3/c1-41-28-18-23(10-11-27(28)32)29-26(21-12-14-33-15-13-21)20-38(37-29)25-9-5-8-24(19-25)36-31(40)35-17-16-34-30(39)22-6-3-2-4-7-22/h2-15,18-20H,16-17H2,1H3,(H,34,39)(H2,35,36,40). The van der Waals surface area contributed by atoms with E-state index in [1.807, 2.05) is 54.7 Å². The van der Waals surface area contributed by atoms with Gasteiger partial charge in [0.05, 0.1) is 17.8 Å². The third-order valence-electron chi connectivity index (χ3n) is 6.23. The number of hydrogen-bond donors (Lipinski definition) is 3. The molecule has 0 saturated carbocycles. The minimum Gasteiger partial charge on any atom is -0.495 e. The van der Waals surface area contributed by atoms with Crippen LogP contribution >= 0.6 is 11.6 Å². The lowest BCUT2D eigenvalue weighted by Gasteiger charge is -2.10. The van der Waals surface area contributed by atoms with E-state index in [9.17, 15) is 9.59 Å². The highest BCUT2D eigenvalue weighted by Crippen LogP contribution is 2.36. The molecular weight excluding hydrogens is 540 g/mol. The molecule has 0 fully saturated rings. The number of pyridine rings is 1. The predicted octanol–water partition coefficient (Wildman–Crippen LogP) is 5.81. The van der Waals surface area contributed by atoms with Gasteiger partial charge in [0.1, 0.15) is 11.4 Å². The summed E-state index contributed by atoms with van der Waals surface area (Å²) in [7, 11) is 1.57. The van der Waals surface area contributed by atoms with Gasteiger partial charge in [0.2, 0.25) is 0 Å². The molecule has 3 amide bonds. The molecule has 3 N–H and O–H groups in total. The molecular formula is C31H27ClN6O3. The molecule has 2 aromatic heterocycles. The van der Waals surface area contributed by atoms with Crippen molar-refractivity contribution in [3.63, 3.8) is 0 Å². The van der Waals surface area contributed by atoms with Crippen molar-refractivity contribution in [1.29, 1.82) is 0 Å². The number of nitrogens with zero attached hydrogens (tertiary/aromatic N) is 3. The average Bonchev–Trinajstić information content (AvgIpc) is 3.46. The molecule has 0 aliphatic heterocycles. The maximum atomic E-state index is 12.5. The Kier molecular flexibility index (Phi) is 8.56. The Bertz CT molecular complexity index is 1660. The van der Waals surface area contributed by atoms with Crippen molar-refractivity contribution in [2.24, 2.45) is 0 Å². The highest BCUT2D eigenvalue weighted by Gasteiger charge is 2.16. The van der Waals surface area contributed by atoms with Gasteiger partial charge in [0, 0.05) is 54.1 Å². The molecule has 0 unspecified atom stereocenters. The van der Waals surface area contributed by atoms with Gasteiger partial charge in [-0.3, -0.25) is 9.78 Å². The number of methoxy groups -OCH3 is 1. The summed E-state index contributed by atoms with van der Waals surface area (Å²) in [6.45, 7) is 0.566. The van der Waals surface area contributed by atoms with Gasteiger partial charge >= 0.3 is 6.03 Å². The fourth-order valence-electron chi connectivity index (χ4n) is 4.21. The molecule has 0 radical (unpaired) electrons. The molecule has 206 valence electrons. The normalized spacial score (nSPS) is 10.6. The zero-order chi connectivity index (χ0) is 28.6. The largest absolute Gasteiger partial charge is 0.495 e. The monoisotopic (exact) mass is 566 g/mol. The number of benzene rings is 3. The van der Waals surface area contributed by atoms with E-state index < -0.39 is 0 Å². The number of halogens is 1. The third-order valence-corrected chi connectivity index (χ3v) is 6.54. The van der Waals surface area contributed by atoms with Crippen LogP contribution in [0.3, 0.4) is 0 Å². The van der Waals surface area contributed by atoms with Crippen molar-refractivity contribution in [3.05, 3.63) is 114 Å². The van der Waals surface area contributed by atoms with Gasteiger partial charge in [-0.25, -0.2) is 9.48 Å². The molecule has 5 rings (SSSR count). The molecule has 0 spiro atoms. The molecule has 9 nitrogen and oxygen atoms in total. The van der Waals surface area contributed by atoms with Crippen LogP contribution in [0.4, 0.5) is 10.5 Å². The van der Waals surface area contributed by atoms with Gasteiger partial charge in [0.25, 0.3) is 5.91 Å². The van der Waals surface area contributed by atoms with E-state index in [4.69, 9.17) is 21.4 Å². The smallest absolute Gasteiger partial charge is 0.319 e. The molecule has 0 atom stereocenters. The maximum absolute atomic E-state index is 12.5. The zero-order valence-electron chi connectivity index (χ0n) is 22.2. The summed E-state index contributed by atoms with van der Waals surface area (Å²) in [4.78, 5) is 28.8. The number of carbonyl (C=O) groups excluding carboxylic acids is 2. The van der Waals surface area contributed by atoms with Crippen LogP contribution in [0.1, 0.15) is 10.4 Å². The number of rotatable bonds is 9. The van der Waals surface area contributed by atoms with Crippen molar-refractivity contribution in [3.8, 4) is 33.8 Å². The van der Waals surface area contributed by atoms with E-state index in [1.54, 1.807) is 60.6 Å². The van der Waals surface area contributed by atoms with Gasteiger partial charge < -0.3 is 20.7 Å². The van der Waals surface area contributed by atoms with Crippen molar-refractivity contribution >= 4 is 29.2 Å². The summed E-state index contributed by atoms with van der Waals surface area (Å²) in [5.41, 5.74) is 5.32. The summed E-state index contributed by atoms with van der Waals surface area (Å²) in [6.07, 6.45) is 5.39. The zero-order valence-corrected chi connectivity index (χ0v) is 22.9. The number of aromatic nitrogens is 3. The summed E-state index contributed by atoms with van der Waals surface area (Å²) >= 11 is 6.26. The van der Waals surface area contributed by atoms with Crippen LogP contribution in [0.2, 0.25) is 5.02 Å². The summed E-state index contributed by atoms with van der Waals surface area (Å²) in [5.74, 6) is 0.360. The fourth-order valence-corrected chi connectivity index (χ4v) is 4.41. The molecule has 10 heteroatoms. The van der Waals surface area contributed by atoms with E-state index in [-0.39, 0.29) is 18.5 Å². The SMILES string of the molecule is COc1cc(-c2nn(-c3cccc(NC(=O)NCCNC(=O)c4ccccc4)c3)cc2-c2ccncc2)ccc1Cl. The number of carbonyl (C=O) groups is 2. The van der Waals surface area contributed by atoms with Crippen LogP contribution in [0.15, 0.2) is 104 Å². The molecule has 41 heavy (non-hydrogen) atoms. The predicted molar refractivity (Wildman–Crippen MR) is 160 cm³/mol. The van der Waals surface area contributed by atoms with Gasteiger partial charge in [-0.05, 0) is 60.2 Å². The van der Waals surface area contributed by atoms with E-state index >= 15 is 0 Å². The quantitative estimate of drug-likeness (QED) is 0.195. The van der Waals surface area contributed by atoms with E-state index in [2.05, 4.69) is 20.9 Å². The lowest BCUT2D eigenvalue weighted by atomic mass is 10.0. The van der Waals surface area contributed by atoms with E-state index in [1.165, 1.54) is 0 Å². The second kappa shape index (κ2) is 12.8. The Morgan fingerprint density at radius 1 is 0.878 bits per heavy atom. The molecule has 5 aromatic rings. The van der Waals surface area contributed by atoms with Crippen LogP contribution < -0.4 is 20.7 Å². The summed E-state index contributed by atoms with van der Waals surface area (Å²) in [6, 6.07) is 25.2. The number of anilines is 1. The van der Waals surface area contributed by atoms with Crippen molar-refractivity contribution in [2.45, 2.75) is 0 Å². The molecule has 2 heterocycles. The van der Waals surface area contributed by atoms with Crippen LogP contribution in [-0.2, 0) is 0 Å². The van der Waals surface area contributed by atoms with Crippen LogP contribution in [-0.4, -0.2) is 46.9 Å². The van der Waals surface area contributed by atoms with Crippen molar-refractivity contribution in [2.75, 3.05) is 25.5 Å². The average molecular weight is 567 g/mol. The Labute approximate surface area is 242 Å².